The van der Waals surface area contributed by atoms with Gasteiger partial charge in [0.25, 0.3) is 0 Å². The highest BCUT2D eigenvalue weighted by molar-refractivity contribution is 5.47. The standard InChI is InChI=1S/C14H23NO3/c1-9(2)14(18-5)13(15)12-10(16-3)7-6-8-11(12)17-4/h6-9,13-14H,15H2,1-5H3. The van der Waals surface area contributed by atoms with Crippen molar-refractivity contribution in [3.05, 3.63) is 23.8 Å². The third-order valence-corrected chi connectivity index (χ3v) is 3.08. The van der Waals surface area contributed by atoms with Crippen LogP contribution in [-0.4, -0.2) is 27.4 Å². The number of hydrogen-bond donors (Lipinski definition) is 1. The van der Waals surface area contributed by atoms with Gasteiger partial charge in [-0.25, -0.2) is 0 Å². The van der Waals surface area contributed by atoms with Crippen molar-refractivity contribution in [2.45, 2.75) is 26.0 Å². The quantitative estimate of drug-likeness (QED) is 0.845. The summed E-state index contributed by atoms with van der Waals surface area (Å²) in [6.45, 7) is 4.16. The molecule has 0 aliphatic carbocycles. The summed E-state index contributed by atoms with van der Waals surface area (Å²) in [4.78, 5) is 0. The molecule has 0 bridgehead atoms. The minimum Gasteiger partial charge on any atom is -0.496 e. The predicted octanol–water partition coefficient (Wildman–Crippen LogP) is 2.37. The molecule has 2 atom stereocenters. The molecule has 0 radical (unpaired) electrons. The Morgan fingerprint density at radius 3 is 1.83 bits per heavy atom. The lowest BCUT2D eigenvalue weighted by molar-refractivity contribution is 0.0425. The molecule has 0 saturated heterocycles. The maximum absolute atomic E-state index is 6.32. The predicted molar refractivity (Wildman–Crippen MR) is 72.1 cm³/mol. The molecule has 1 aromatic carbocycles. The van der Waals surface area contributed by atoms with Crippen LogP contribution in [0.3, 0.4) is 0 Å². The van der Waals surface area contributed by atoms with E-state index in [0.717, 1.165) is 17.1 Å². The van der Waals surface area contributed by atoms with Gasteiger partial charge >= 0.3 is 0 Å². The highest BCUT2D eigenvalue weighted by Crippen LogP contribution is 2.36. The molecule has 0 saturated carbocycles. The number of nitrogens with two attached hydrogens (primary N) is 1. The van der Waals surface area contributed by atoms with Crippen LogP contribution in [0.5, 0.6) is 11.5 Å². The van der Waals surface area contributed by atoms with Crippen molar-refractivity contribution in [1.82, 2.24) is 0 Å². The Morgan fingerprint density at radius 1 is 1.00 bits per heavy atom. The average molecular weight is 253 g/mol. The van der Waals surface area contributed by atoms with Gasteiger partial charge in [0.2, 0.25) is 0 Å². The Kier molecular flexibility index (Phi) is 5.44. The van der Waals surface area contributed by atoms with Crippen molar-refractivity contribution < 1.29 is 14.2 Å². The van der Waals surface area contributed by atoms with Crippen LogP contribution < -0.4 is 15.2 Å². The van der Waals surface area contributed by atoms with E-state index in [0.29, 0.717) is 5.92 Å². The van der Waals surface area contributed by atoms with Gasteiger partial charge in [-0.3, -0.25) is 0 Å². The molecule has 0 aliphatic heterocycles. The van der Waals surface area contributed by atoms with Crippen molar-refractivity contribution in [2.75, 3.05) is 21.3 Å². The molecule has 18 heavy (non-hydrogen) atoms. The lowest BCUT2D eigenvalue weighted by Crippen LogP contribution is -2.33. The van der Waals surface area contributed by atoms with E-state index in [2.05, 4.69) is 13.8 Å². The van der Waals surface area contributed by atoms with Gasteiger partial charge in [0.05, 0.1) is 31.9 Å². The molecule has 0 heterocycles. The van der Waals surface area contributed by atoms with E-state index in [-0.39, 0.29) is 12.1 Å². The zero-order valence-electron chi connectivity index (χ0n) is 11.8. The lowest BCUT2D eigenvalue weighted by atomic mass is 9.93. The summed E-state index contributed by atoms with van der Waals surface area (Å²) in [7, 11) is 4.93. The summed E-state index contributed by atoms with van der Waals surface area (Å²) in [6, 6.07) is 5.35. The molecular formula is C14H23NO3. The molecule has 0 aliphatic rings. The molecule has 1 aromatic rings. The Bertz CT molecular complexity index is 357. The summed E-state index contributed by atoms with van der Waals surface area (Å²) in [5.74, 6) is 1.76. The third-order valence-electron chi connectivity index (χ3n) is 3.08. The summed E-state index contributed by atoms with van der Waals surface area (Å²) < 4.78 is 16.2. The van der Waals surface area contributed by atoms with Gasteiger partial charge in [-0.15, -0.1) is 0 Å². The van der Waals surface area contributed by atoms with Gasteiger partial charge < -0.3 is 19.9 Å². The van der Waals surface area contributed by atoms with Crippen molar-refractivity contribution in [1.29, 1.82) is 0 Å². The molecule has 2 unspecified atom stereocenters. The number of methoxy groups -OCH3 is 3. The summed E-state index contributed by atoms with van der Waals surface area (Å²) in [5, 5.41) is 0. The maximum atomic E-state index is 6.32. The van der Waals surface area contributed by atoms with E-state index < -0.39 is 0 Å². The molecule has 2 N–H and O–H groups in total. The van der Waals surface area contributed by atoms with E-state index in [9.17, 15) is 0 Å². The summed E-state index contributed by atoms with van der Waals surface area (Å²) in [6.07, 6.45) is -0.0878. The summed E-state index contributed by atoms with van der Waals surface area (Å²) >= 11 is 0. The monoisotopic (exact) mass is 253 g/mol. The fraction of sp³-hybridized carbons (Fsp3) is 0.571. The van der Waals surface area contributed by atoms with Gasteiger partial charge in [0, 0.05) is 7.11 Å². The van der Waals surface area contributed by atoms with E-state index in [1.54, 1.807) is 21.3 Å². The molecule has 0 spiro atoms. The number of hydrogen-bond acceptors (Lipinski definition) is 4. The van der Waals surface area contributed by atoms with Crippen LogP contribution >= 0.6 is 0 Å². The third kappa shape index (κ3) is 2.94. The minimum absolute atomic E-state index is 0.0878. The molecule has 0 aromatic heterocycles. The Hall–Kier alpha value is -1.26. The van der Waals surface area contributed by atoms with E-state index in [4.69, 9.17) is 19.9 Å². The second-order valence-electron chi connectivity index (χ2n) is 4.55. The first kappa shape index (κ1) is 14.8. The highest BCUT2D eigenvalue weighted by atomic mass is 16.5. The van der Waals surface area contributed by atoms with E-state index in [1.807, 2.05) is 18.2 Å². The molecule has 102 valence electrons. The van der Waals surface area contributed by atoms with Crippen molar-refractivity contribution in [2.24, 2.45) is 11.7 Å². The molecule has 1 rings (SSSR count). The first-order valence-corrected chi connectivity index (χ1v) is 6.06. The van der Waals surface area contributed by atoms with Crippen molar-refractivity contribution in [3.63, 3.8) is 0 Å². The second kappa shape index (κ2) is 6.61. The van der Waals surface area contributed by atoms with Crippen LogP contribution in [0.1, 0.15) is 25.5 Å². The zero-order valence-corrected chi connectivity index (χ0v) is 11.8. The largest absolute Gasteiger partial charge is 0.496 e. The lowest BCUT2D eigenvalue weighted by Gasteiger charge is -2.28. The van der Waals surface area contributed by atoms with Crippen LogP contribution in [0.4, 0.5) is 0 Å². The molecular weight excluding hydrogens is 230 g/mol. The topological polar surface area (TPSA) is 53.7 Å². The van der Waals surface area contributed by atoms with Gasteiger partial charge in [0.1, 0.15) is 11.5 Å². The van der Waals surface area contributed by atoms with E-state index >= 15 is 0 Å². The Morgan fingerprint density at radius 2 is 1.50 bits per heavy atom. The normalized spacial score (nSPS) is 14.4. The van der Waals surface area contributed by atoms with Gasteiger partial charge in [-0.1, -0.05) is 19.9 Å². The van der Waals surface area contributed by atoms with Gasteiger partial charge in [0.15, 0.2) is 0 Å². The van der Waals surface area contributed by atoms with Crippen molar-refractivity contribution in [3.8, 4) is 11.5 Å². The number of rotatable bonds is 6. The van der Waals surface area contributed by atoms with Gasteiger partial charge in [-0.05, 0) is 18.1 Å². The van der Waals surface area contributed by atoms with Crippen LogP contribution in [-0.2, 0) is 4.74 Å². The first-order chi connectivity index (χ1) is 8.56. The van der Waals surface area contributed by atoms with E-state index in [1.165, 1.54) is 0 Å². The zero-order chi connectivity index (χ0) is 13.7. The van der Waals surface area contributed by atoms with Crippen molar-refractivity contribution >= 4 is 0 Å². The number of benzene rings is 1. The SMILES string of the molecule is COc1cccc(OC)c1C(N)C(OC)C(C)C. The Labute approximate surface area is 109 Å². The summed E-state index contributed by atoms with van der Waals surface area (Å²) in [5.41, 5.74) is 7.17. The minimum atomic E-state index is -0.291. The van der Waals surface area contributed by atoms with Crippen LogP contribution in [0, 0.1) is 5.92 Å². The van der Waals surface area contributed by atoms with Crippen LogP contribution in [0.15, 0.2) is 18.2 Å². The fourth-order valence-corrected chi connectivity index (χ4v) is 2.21. The smallest absolute Gasteiger partial charge is 0.127 e. The molecule has 4 heteroatoms. The van der Waals surface area contributed by atoms with Gasteiger partial charge in [-0.2, -0.15) is 0 Å². The molecule has 0 fully saturated rings. The average Bonchev–Trinajstić information content (AvgIpc) is 2.37. The Balaban J connectivity index is 3.20. The number of ether oxygens (including phenoxy) is 3. The first-order valence-electron chi connectivity index (χ1n) is 6.06. The molecule has 4 nitrogen and oxygen atoms in total. The fourth-order valence-electron chi connectivity index (χ4n) is 2.21. The van der Waals surface area contributed by atoms with Crippen LogP contribution in [0.2, 0.25) is 0 Å². The second-order valence-corrected chi connectivity index (χ2v) is 4.55. The maximum Gasteiger partial charge on any atom is 0.127 e. The molecule has 0 amide bonds. The highest BCUT2D eigenvalue weighted by Gasteiger charge is 2.27. The van der Waals surface area contributed by atoms with Crippen LogP contribution in [0.25, 0.3) is 0 Å².